The maximum absolute atomic E-state index is 11.5. The van der Waals surface area contributed by atoms with E-state index in [1.54, 1.807) is 6.20 Å². The first-order valence-corrected chi connectivity index (χ1v) is 7.45. The molecule has 0 fully saturated rings. The zero-order chi connectivity index (χ0) is 16.4. The second-order valence-corrected chi connectivity index (χ2v) is 5.54. The highest BCUT2D eigenvalue weighted by Gasteiger charge is 2.11. The summed E-state index contributed by atoms with van der Waals surface area (Å²) >= 11 is 5.96. The van der Waals surface area contributed by atoms with Crippen LogP contribution in [0.5, 0.6) is 0 Å². The Morgan fingerprint density at radius 3 is 2.74 bits per heavy atom. The van der Waals surface area contributed by atoms with Gasteiger partial charge in [-0.05, 0) is 44.0 Å². The SMILES string of the molecule is Cc1nc(C#Cc2cccc(Cl)c2)c(C)n1-c1cc[nH]c(=O)c1. The molecule has 0 aliphatic rings. The number of nitrogens with one attached hydrogen (secondary N) is 1. The van der Waals surface area contributed by atoms with Gasteiger partial charge in [-0.2, -0.15) is 0 Å². The summed E-state index contributed by atoms with van der Waals surface area (Å²) < 4.78 is 1.91. The van der Waals surface area contributed by atoms with E-state index in [0.717, 1.165) is 22.8 Å². The predicted octanol–water partition coefficient (Wildman–Crippen LogP) is 3.23. The standard InChI is InChI=1S/C18H14ClN3O/c1-12-17(7-6-14-4-3-5-15(19)10-14)21-13(2)22(12)16-8-9-20-18(23)11-16/h3-5,8-11H,1-2H3,(H,20,23). The van der Waals surface area contributed by atoms with Gasteiger partial charge in [0.2, 0.25) is 5.56 Å². The molecule has 23 heavy (non-hydrogen) atoms. The molecule has 0 aliphatic heterocycles. The van der Waals surface area contributed by atoms with Crippen LogP contribution in [0.3, 0.4) is 0 Å². The van der Waals surface area contributed by atoms with Crippen molar-refractivity contribution >= 4 is 11.6 Å². The fourth-order valence-electron chi connectivity index (χ4n) is 2.41. The second kappa shape index (κ2) is 6.15. The number of aryl methyl sites for hydroxylation is 1. The number of imidazole rings is 1. The molecule has 0 bridgehead atoms. The van der Waals surface area contributed by atoms with Crippen LogP contribution < -0.4 is 5.56 Å². The zero-order valence-corrected chi connectivity index (χ0v) is 13.5. The molecular formula is C18H14ClN3O. The minimum absolute atomic E-state index is 0.151. The lowest BCUT2D eigenvalue weighted by atomic mass is 10.2. The lowest BCUT2D eigenvalue weighted by Gasteiger charge is -2.06. The van der Waals surface area contributed by atoms with Crippen LogP contribution in [0.2, 0.25) is 5.02 Å². The molecule has 1 aromatic carbocycles. The van der Waals surface area contributed by atoms with E-state index in [1.807, 2.05) is 48.7 Å². The first kappa shape index (κ1) is 15.1. The lowest BCUT2D eigenvalue weighted by molar-refractivity contribution is 0.933. The number of hydrogen-bond donors (Lipinski definition) is 1. The molecule has 3 aromatic rings. The van der Waals surface area contributed by atoms with E-state index < -0.39 is 0 Å². The van der Waals surface area contributed by atoms with E-state index >= 15 is 0 Å². The highest BCUT2D eigenvalue weighted by Crippen LogP contribution is 2.16. The normalized spacial score (nSPS) is 10.2. The van der Waals surface area contributed by atoms with Crippen molar-refractivity contribution in [3.8, 4) is 17.5 Å². The Morgan fingerprint density at radius 2 is 2.00 bits per heavy atom. The van der Waals surface area contributed by atoms with Gasteiger partial charge in [0.1, 0.15) is 11.5 Å². The van der Waals surface area contributed by atoms with Crippen LogP contribution in [0.4, 0.5) is 0 Å². The minimum atomic E-state index is -0.151. The fourth-order valence-corrected chi connectivity index (χ4v) is 2.60. The van der Waals surface area contributed by atoms with Gasteiger partial charge in [0, 0.05) is 22.8 Å². The summed E-state index contributed by atoms with van der Waals surface area (Å²) in [5.74, 6) is 6.92. The smallest absolute Gasteiger partial charge is 0.250 e. The fraction of sp³-hybridized carbons (Fsp3) is 0.111. The minimum Gasteiger partial charge on any atom is -0.329 e. The van der Waals surface area contributed by atoms with Crippen LogP contribution in [0.1, 0.15) is 22.8 Å². The molecule has 0 atom stereocenters. The molecule has 0 saturated carbocycles. The van der Waals surface area contributed by atoms with Gasteiger partial charge >= 0.3 is 0 Å². The van der Waals surface area contributed by atoms with E-state index in [9.17, 15) is 4.79 Å². The van der Waals surface area contributed by atoms with E-state index in [-0.39, 0.29) is 5.56 Å². The molecule has 0 amide bonds. The molecule has 5 heteroatoms. The Bertz CT molecular complexity index is 989. The molecular weight excluding hydrogens is 310 g/mol. The maximum Gasteiger partial charge on any atom is 0.250 e. The average molecular weight is 324 g/mol. The van der Waals surface area contributed by atoms with E-state index in [1.165, 1.54) is 6.07 Å². The average Bonchev–Trinajstić information content (AvgIpc) is 2.79. The van der Waals surface area contributed by atoms with Gasteiger partial charge in [-0.25, -0.2) is 4.98 Å². The van der Waals surface area contributed by atoms with Crippen LogP contribution in [-0.2, 0) is 0 Å². The molecule has 0 unspecified atom stereocenters. The molecule has 0 radical (unpaired) electrons. The van der Waals surface area contributed by atoms with Crippen molar-refractivity contribution in [1.82, 2.24) is 14.5 Å². The molecule has 1 N–H and O–H groups in total. The third-order valence-electron chi connectivity index (χ3n) is 3.44. The van der Waals surface area contributed by atoms with E-state index in [4.69, 9.17) is 11.6 Å². The van der Waals surface area contributed by atoms with E-state index in [2.05, 4.69) is 21.8 Å². The quantitative estimate of drug-likeness (QED) is 0.699. The van der Waals surface area contributed by atoms with Gasteiger partial charge in [0.25, 0.3) is 0 Å². The van der Waals surface area contributed by atoms with Crippen molar-refractivity contribution in [3.05, 3.63) is 80.7 Å². The van der Waals surface area contributed by atoms with Gasteiger partial charge in [-0.1, -0.05) is 23.6 Å². The van der Waals surface area contributed by atoms with Gasteiger partial charge < -0.3 is 4.98 Å². The van der Waals surface area contributed by atoms with Gasteiger partial charge in [-0.3, -0.25) is 9.36 Å². The van der Waals surface area contributed by atoms with Crippen LogP contribution >= 0.6 is 11.6 Å². The van der Waals surface area contributed by atoms with Crippen molar-refractivity contribution in [2.24, 2.45) is 0 Å². The van der Waals surface area contributed by atoms with Crippen molar-refractivity contribution in [2.45, 2.75) is 13.8 Å². The second-order valence-electron chi connectivity index (χ2n) is 5.10. The number of H-pyrrole nitrogens is 1. The van der Waals surface area contributed by atoms with Crippen molar-refractivity contribution in [3.63, 3.8) is 0 Å². The summed E-state index contributed by atoms with van der Waals surface area (Å²) in [6, 6.07) is 10.7. The zero-order valence-electron chi connectivity index (χ0n) is 12.7. The van der Waals surface area contributed by atoms with Crippen LogP contribution in [0, 0.1) is 25.7 Å². The number of aromatic nitrogens is 3. The molecule has 3 rings (SSSR count). The summed E-state index contributed by atoms with van der Waals surface area (Å²) in [5.41, 5.74) is 3.03. The van der Waals surface area contributed by atoms with Crippen LogP contribution in [0.25, 0.3) is 5.69 Å². The van der Waals surface area contributed by atoms with Crippen LogP contribution in [0.15, 0.2) is 47.4 Å². The summed E-state index contributed by atoms with van der Waals surface area (Å²) in [6.07, 6.45) is 1.62. The third kappa shape index (κ3) is 3.20. The Hall–Kier alpha value is -2.77. The predicted molar refractivity (Wildman–Crippen MR) is 91.1 cm³/mol. The third-order valence-corrected chi connectivity index (χ3v) is 3.68. The summed E-state index contributed by atoms with van der Waals surface area (Å²) in [6.45, 7) is 3.82. The first-order valence-electron chi connectivity index (χ1n) is 7.07. The topological polar surface area (TPSA) is 50.7 Å². The van der Waals surface area contributed by atoms with Gasteiger partial charge in [0.15, 0.2) is 0 Å². The largest absolute Gasteiger partial charge is 0.329 e. The van der Waals surface area contributed by atoms with E-state index in [0.29, 0.717) is 10.7 Å². The summed E-state index contributed by atoms with van der Waals surface area (Å²) in [7, 11) is 0. The summed E-state index contributed by atoms with van der Waals surface area (Å²) in [4.78, 5) is 18.6. The Balaban J connectivity index is 2.04. The first-order chi connectivity index (χ1) is 11.0. The molecule has 4 nitrogen and oxygen atoms in total. The van der Waals surface area contributed by atoms with Crippen molar-refractivity contribution in [2.75, 3.05) is 0 Å². The Labute approximate surface area is 138 Å². The summed E-state index contributed by atoms with van der Waals surface area (Å²) in [5, 5.41) is 0.652. The lowest BCUT2D eigenvalue weighted by Crippen LogP contribution is -2.07. The molecule has 2 heterocycles. The van der Waals surface area contributed by atoms with Crippen LogP contribution in [-0.4, -0.2) is 14.5 Å². The molecule has 0 saturated heterocycles. The highest BCUT2D eigenvalue weighted by atomic mass is 35.5. The number of halogens is 1. The Kier molecular flexibility index (Phi) is 4.05. The van der Waals surface area contributed by atoms with Crippen molar-refractivity contribution in [1.29, 1.82) is 0 Å². The van der Waals surface area contributed by atoms with Gasteiger partial charge in [-0.15, -0.1) is 0 Å². The Morgan fingerprint density at radius 1 is 1.17 bits per heavy atom. The molecule has 0 spiro atoms. The van der Waals surface area contributed by atoms with Crippen molar-refractivity contribution < 1.29 is 0 Å². The number of hydrogen-bond acceptors (Lipinski definition) is 2. The molecule has 2 aromatic heterocycles. The number of nitrogens with zero attached hydrogens (tertiary/aromatic N) is 2. The van der Waals surface area contributed by atoms with Gasteiger partial charge in [0.05, 0.1) is 11.4 Å². The molecule has 114 valence electrons. The number of benzene rings is 1. The highest BCUT2D eigenvalue weighted by molar-refractivity contribution is 6.30. The number of rotatable bonds is 1. The monoisotopic (exact) mass is 323 g/mol. The maximum atomic E-state index is 11.5. The molecule has 0 aliphatic carbocycles. The number of pyridine rings is 1. The number of aromatic amines is 1.